The van der Waals surface area contributed by atoms with E-state index >= 15 is 0 Å². The third-order valence-corrected chi connectivity index (χ3v) is 6.71. The molecule has 2 bridgehead atoms. The highest BCUT2D eigenvalue weighted by molar-refractivity contribution is 7.87. The number of hydrogen-bond acceptors (Lipinski definition) is 5. The van der Waals surface area contributed by atoms with E-state index in [9.17, 15) is 22.0 Å². The molecule has 1 aliphatic heterocycles. The number of halogens is 2. The molecule has 3 aliphatic rings. The Hall–Kier alpha value is -0.760. The fraction of sp³-hybridized carbons (Fsp3) is 0.917. The van der Waals surface area contributed by atoms with Crippen molar-refractivity contribution in [3.05, 3.63) is 0 Å². The van der Waals surface area contributed by atoms with Gasteiger partial charge in [-0.2, -0.15) is 17.2 Å². The molecule has 3 fully saturated rings. The molecule has 5 atom stereocenters. The lowest BCUT2D eigenvalue weighted by molar-refractivity contribution is -0.177. The van der Waals surface area contributed by atoms with Gasteiger partial charge in [0.25, 0.3) is 10.1 Å². The van der Waals surface area contributed by atoms with E-state index in [1.54, 1.807) is 0 Å². The van der Waals surface area contributed by atoms with Crippen molar-refractivity contribution in [3.8, 4) is 0 Å². The van der Waals surface area contributed by atoms with Gasteiger partial charge in [0.2, 0.25) is 0 Å². The number of rotatable bonds is 2. The molecule has 0 amide bonds. The van der Waals surface area contributed by atoms with Crippen molar-refractivity contribution in [2.75, 3.05) is 0 Å². The maximum atomic E-state index is 13.0. The largest absolute Gasteiger partial charge is 0.456 e. The third-order valence-electron chi connectivity index (χ3n) is 4.97. The summed E-state index contributed by atoms with van der Waals surface area (Å²) < 4.78 is 59.9. The quantitative estimate of drug-likeness (QED) is 0.568. The maximum absolute atomic E-state index is 13.0. The van der Waals surface area contributed by atoms with Gasteiger partial charge in [0, 0.05) is 18.8 Å². The average Bonchev–Trinajstić information content (AvgIpc) is 2.70. The zero-order chi connectivity index (χ0) is 15.1. The van der Waals surface area contributed by atoms with Crippen LogP contribution in [0.4, 0.5) is 8.78 Å². The smallest absolute Gasteiger partial charge is 0.376 e. The summed E-state index contributed by atoms with van der Waals surface area (Å²) in [7, 11) is -3.86. The molecule has 1 saturated heterocycles. The standard InChI is InChI=1S/C12H16F2O5S/c1-11(2)5-4-6-7(11)9(20(16,17)19-6)8(5)18-10(15)12(3,13)14/h5-9H,4H2,1-3H3. The zero-order valence-electron chi connectivity index (χ0n) is 11.3. The van der Waals surface area contributed by atoms with Gasteiger partial charge in [-0.25, -0.2) is 4.79 Å². The van der Waals surface area contributed by atoms with E-state index in [4.69, 9.17) is 8.92 Å². The molecule has 0 aromatic heterocycles. The van der Waals surface area contributed by atoms with Gasteiger partial charge in [-0.1, -0.05) is 13.8 Å². The zero-order valence-corrected chi connectivity index (χ0v) is 12.1. The molecule has 20 heavy (non-hydrogen) atoms. The molecule has 114 valence electrons. The Morgan fingerprint density at radius 3 is 2.55 bits per heavy atom. The van der Waals surface area contributed by atoms with Crippen LogP contribution in [-0.2, 0) is 23.8 Å². The van der Waals surface area contributed by atoms with E-state index in [0.717, 1.165) is 0 Å². The van der Waals surface area contributed by atoms with Crippen LogP contribution in [0.1, 0.15) is 27.2 Å². The van der Waals surface area contributed by atoms with Crippen molar-refractivity contribution in [1.29, 1.82) is 0 Å². The van der Waals surface area contributed by atoms with Crippen molar-refractivity contribution in [3.63, 3.8) is 0 Å². The van der Waals surface area contributed by atoms with Gasteiger partial charge in [0.1, 0.15) is 11.4 Å². The molecule has 5 nitrogen and oxygen atoms in total. The molecular weight excluding hydrogens is 294 g/mol. The Kier molecular flexibility index (Phi) is 2.63. The number of fused-ring (bicyclic) bond motifs is 1. The van der Waals surface area contributed by atoms with E-state index < -0.39 is 44.9 Å². The van der Waals surface area contributed by atoms with Crippen LogP contribution in [0, 0.1) is 17.3 Å². The minimum absolute atomic E-state index is 0.272. The first-order chi connectivity index (χ1) is 8.96. The molecule has 0 aromatic carbocycles. The van der Waals surface area contributed by atoms with Gasteiger partial charge in [0.05, 0.1) is 6.10 Å². The Morgan fingerprint density at radius 2 is 2.00 bits per heavy atom. The van der Waals surface area contributed by atoms with Crippen LogP contribution in [0.15, 0.2) is 0 Å². The van der Waals surface area contributed by atoms with Crippen LogP contribution < -0.4 is 0 Å². The Morgan fingerprint density at radius 1 is 1.40 bits per heavy atom. The van der Waals surface area contributed by atoms with E-state index in [1.807, 2.05) is 13.8 Å². The molecule has 0 aromatic rings. The van der Waals surface area contributed by atoms with E-state index in [2.05, 4.69) is 0 Å². The second-order valence-electron chi connectivity index (χ2n) is 6.54. The number of carbonyl (C=O) groups excluding carboxylic acids is 1. The fourth-order valence-corrected chi connectivity index (χ4v) is 6.24. The van der Waals surface area contributed by atoms with Gasteiger partial charge < -0.3 is 4.74 Å². The average molecular weight is 310 g/mol. The van der Waals surface area contributed by atoms with E-state index in [1.165, 1.54) is 0 Å². The summed E-state index contributed by atoms with van der Waals surface area (Å²) in [6, 6.07) is 0. The second-order valence-corrected chi connectivity index (χ2v) is 8.26. The number of carbonyl (C=O) groups is 1. The molecule has 2 aliphatic carbocycles. The van der Waals surface area contributed by atoms with Crippen molar-refractivity contribution >= 4 is 16.1 Å². The van der Waals surface area contributed by atoms with Gasteiger partial charge in [0.15, 0.2) is 0 Å². The normalized spacial score (nSPS) is 43.8. The maximum Gasteiger partial charge on any atom is 0.376 e. The molecule has 8 heteroatoms. The molecule has 0 radical (unpaired) electrons. The predicted molar refractivity (Wildman–Crippen MR) is 63.5 cm³/mol. The Labute approximate surface area is 115 Å². The SMILES string of the molecule is CC(F)(F)C(=O)OC1C2CC3OS(=O)(=O)C1C3C2(C)C. The summed E-state index contributed by atoms with van der Waals surface area (Å²) in [5.41, 5.74) is -0.410. The van der Waals surface area contributed by atoms with Crippen LogP contribution >= 0.6 is 0 Å². The van der Waals surface area contributed by atoms with Crippen LogP contribution in [0.5, 0.6) is 0 Å². The van der Waals surface area contributed by atoms with E-state index in [0.29, 0.717) is 13.3 Å². The summed E-state index contributed by atoms with van der Waals surface area (Å²) in [5, 5.41) is -1.02. The molecule has 5 unspecified atom stereocenters. The molecule has 2 saturated carbocycles. The molecule has 0 spiro atoms. The lowest BCUT2D eigenvalue weighted by atomic mass is 9.81. The first kappa shape index (κ1) is 14.2. The van der Waals surface area contributed by atoms with Crippen molar-refractivity contribution in [2.45, 2.75) is 50.6 Å². The topological polar surface area (TPSA) is 69.7 Å². The summed E-state index contributed by atoms with van der Waals surface area (Å²) in [6.07, 6.45) is -1.04. The lowest BCUT2D eigenvalue weighted by Gasteiger charge is -2.27. The van der Waals surface area contributed by atoms with Crippen LogP contribution in [0.2, 0.25) is 0 Å². The van der Waals surface area contributed by atoms with Crippen LogP contribution in [-0.4, -0.2) is 37.8 Å². The predicted octanol–water partition coefficient (Wildman–Crippen LogP) is 1.33. The van der Waals surface area contributed by atoms with Gasteiger partial charge in [-0.3, -0.25) is 4.18 Å². The highest BCUT2D eigenvalue weighted by Crippen LogP contribution is 2.64. The van der Waals surface area contributed by atoms with Gasteiger partial charge >= 0.3 is 11.9 Å². The molecule has 3 rings (SSSR count). The minimum Gasteiger partial charge on any atom is -0.456 e. The third kappa shape index (κ3) is 1.67. The number of ether oxygens (including phenoxy) is 1. The molecule has 1 heterocycles. The number of alkyl halides is 2. The van der Waals surface area contributed by atoms with Gasteiger partial charge in [-0.15, -0.1) is 0 Å². The fourth-order valence-electron chi connectivity index (χ4n) is 4.11. The monoisotopic (exact) mass is 310 g/mol. The van der Waals surface area contributed by atoms with Crippen molar-refractivity contribution in [2.24, 2.45) is 17.3 Å². The van der Waals surface area contributed by atoms with E-state index in [-0.39, 0.29) is 11.8 Å². The first-order valence-corrected chi connectivity index (χ1v) is 7.94. The number of esters is 1. The Balaban J connectivity index is 1.95. The lowest BCUT2D eigenvalue weighted by Crippen LogP contribution is -2.42. The van der Waals surface area contributed by atoms with Crippen molar-refractivity contribution in [1.82, 2.24) is 0 Å². The highest BCUT2D eigenvalue weighted by Gasteiger charge is 2.73. The van der Waals surface area contributed by atoms with Crippen LogP contribution in [0.25, 0.3) is 0 Å². The van der Waals surface area contributed by atoms with Crippen molar-refractivity contribution < 1.29 is 30.9 Å². The molecule has 0 N–H and O–H groups in total. The van der Waals surface area contributed by atoms with Gasteiger partial charge in [-0.05, 0) is 11.8 Å². The molecular formula is C12H16F2O5S. The summed E-state index contributed by atoms with van der Waals surface area (Å²) in [5.74, 6) is -5.88. The number of hydrogen-bond donors (Lipinski definition) is 0. The summed E-state index contributed by atoms with van der Waals surface area (Å²) >= 11 is 0. The Bertz CT molecular complexity index is 565. The minimum atomic E-state index is -3.86. The first-order valence-electron chi connectivity index (χ1n) is 6.47. The second kappa shape index (κ2) is 3.71. The summed E-state index contributed by atoms with van der Waals surface area (Å²) in [4.78, 5) is 11.4. The summed E-state index contributed by atoms with van der Waals surface area (Å²) in [6.45, 7) is 4.19. The van der Waals surface area contributed by atoms with Crippen LogP contribution in [0.3, 0.4) is 0 Å². The highest BCUT2D eigenvalue weighted by atomic mass is 32.2.